The van der Waals surface area contributed by atoms with Gasteiger partial charge in [0.15, 0.2) is 12.6 Å². The van der Waals surface area contributed by atoms with Crippen molar-refractivity contribution in [3.05, 3.63) is 29.3 Å². The number of fused-ring (bicyclic) bond motifs is 4. The summed E-state index contributed by atoms with van der Waals surface area (Å²) in [7, 11) is 0. The van der Waals surface area contributed by atoms with Crippen LogP contribution in [0.2, 0.25) is 0 Å². The maximum atomic E-state index is 10.6. The average molecular weight is 331 g/mol. The number of nitrogens with zero attached hydrogens (tertiary/aromatic N) is 1. The molecule has 1 fully saturated rings. The highest BCUT2D eigenvalue weighted by atomic mass is 16.6. The highest BCUT2D eigenvalue weighted by Crippen LogP contribution is 2.55. The van der Waals surface area contributed by atoms with Crippen molar-refractivity contribution in [3.63, 3.8) is 0 Å². The average Bonchev–Trinajstić information content (AvgIpc) is 2.42. The molecule has 24 heavy (non-hydrogen) atoms. The van der Waals surface area contributed by atoms with Gasteiger partial charge in [0.25, 0.3) is 0 Å². The first kappa shape index (κ1) is 17.1. The molecular weight excluding hydrogens is 300 g/mol. The van der Waals surface area contributed by atoms with E-state index >= 15 is 0 Å². The van der Waals surface area contributed by atoms with E-state index in [2.05, 4.69) is 37.5 Å². The molecule has 2 atom stereocenters. The molecule has 0 amide bonds. The van der Waals surface area contributed by atoms with Crippen LogP contribution in [0.25, 0.3) is 0 Å². The second kappa shape index (κ2) is 5.14. The Kier molecular flexibility index (Phi) is 3.67. The minimum atomic E-state index is -0.407. The lowest BCUT2D eigenvalue weighted by molar-refractivity contribution is -0.617. The molecule has 3 rings (SSSR count). The van der Waals surface area contributed by atoms with Gasteiger partial charge >= 0.3 is 6.08 Å². The van der Waals surface area contributed by atoms with E-state index in [1.165, 1.54) is 11.1 Å². The number of nitrogen functional groups attached to an aromatic ring is 1. The van der Waals surface area contributed by atoms with E-state index in [4.69, 9.17) is 10.5 Å². The smallest absolute Gasteiger partial charge is 0.430 e. The standard InChI is InChI=1S/C20H30N2O2/c1-18(2,3)24-17(23)22-10-9-20(6)15-12-14(21)8-7-13(15)11-16(22)19(20,4)5/h7-8,12,16H,9-11,21H2,1-6H3/p+1. The van der Waals surface area contributed by atoms with Crippen LogP contribution >= 0.6 is 0 Å². The third-order valence-corrected chi connectivity index (χ3v) is 6.27. The van der Waals surface area contributed by atoms with Crippen LogP contribution in [0, 0.1) is 5.41 Å². The number of piperidine rings is 1. The molecule has 1 aromatic carbocycles. The van der Waals surface area contributed by atoms with Crippen molar-refractivity contribution in [2.45, 2.75) is 71.4 Å². The number of hydrogen-bond acceptors (Lipinski definition) is 2. The summed E-state index contributed by atoms with van der Waals surface area (Å²) in [5.74, 6) is 0. The molecule has 3 N–H and O–H groups in total. The van der Waals surface area contributed by atoms with Gasteiger partial charge in [-0.2, -0.15) is 4.58 Å². The summed E-state index contributed by atoms with van der Waals surface area (Å²) in [5.41, 5.74) is 9.25. The monoisotopic (exact) mass is 331 g/mol. The molecule has 1 saturated heterocycles. The van der Waals surface area contributed by atoms with Gasteiger partial charge in [-0.1, -0.05) is 26.8 Å². The SMILES string of the molecule is CC(C)(C)OC(O)=[N+]1CCC2(C)c3cc(N)ccc3CC1C2(C)C. The fraction of sp³-hybridized carbons (Fsp3) is 0.650. The van der Waals surface area contributed by atoms with Crippen molar-refractivity contribution in [1.82, 2.24) is 0 Å². The zero-order valence-electron chi connectivity index (χ0n) is 15.8. The number of aliphatic hydroxyl groups excluding tert-OH is 1. The summed E-state index contributed by atoms with van der Waals surface area (Å²) in [6.07, 6.45) is 1.92. The molecule has 2 unspecified atom stereocenters. The second-order valence-corrected chi connectivity index (χ2v) is 9.13. The maximum absolute atomic E-state index is 10.6. The lowest BCUT2D eigenvalue weighted by Crippen LogP contribution is -2.62. The van der Waals surface area contributed by atoms with Gasteiger partial charge in [-0.3, -0.25) is 0 Å². The van der Waals surface area contributed by atoms with E-state index in [-0.39, 0.29) is 23.0 Å². The van der Waals surface area contributed by atoms with Gasteiger partial charge in [0.05, 0.1) is 0 Å². The Morgan fingerprint density at radius 1 is 1.29 bits per heavy atom. The predicted molar refractivity (Wildman–Crippen MR) is 97.7 cm³/mol. The predicted octanol–water partition coefficient (Wildman–Crippen LogP) is 3.62. The number of aliphatic hydroxyl groups is 1. The van der Waals surface area contributed by atoms with Gasteiger partial charge < -0.3 is 15.6 Å². The van der Waals surface area contributed by atoms with Crippen molar-refractivity contribution in [2.75, 3.05) is 12.3 Å². The largest absolute Gasteiger partial charge is 0.547 e. The van der Waals surface area contributed by atoms with Crippen LogP contribution in [-0.4, -0.2) is 34.0 Å². The van der Waals surface area contributed by atoms with Gasteiger partial charge in [-0.15, -0.1) is 0 Å². The molecule has 4 heteroatoms. The Balaban J connectivity index is 2.11. The highest BCUT2D eigenvalue weighted by molar-refractivity contribution is 5.59. The molecule has 1 aromatic rings. The van der Waals surface area contributed by atoms with Crippen LogP contribution in [0.5, 0.6) is 0 Å². The molecule has 2 aliphatic rings. The summed E-state index contributed by atoms with van der Waals surface area (Å²) in [6, 6.07) is 6.49. The van der Waals surface area contributed by atoms with Crippen molar-refractivity contribution in [1.29, 1.82) is 0 Å². The van der Waals surface area contributed by atoms with E-state index < -0.39 is 5.60 Å². The fourth-order valence-corrected chi connectivity index (χ4v) is 4.48. The quantitative estimate of drug-likeness (QED) is 0.434. The first-order valence-corrected chi connectivity index (χ1v) is 8.86. The van der Waals surface area contributed by atoms with Gasteiger partial charge in [0.1, 0.15) is 5.60 Å². The highest BCUT2D eigenvalue weighted by Gasteiger charge is 2.60. The van der Waals surface area contributed by atoms with Crippen molar-refractivity contribution in [3.8, 4) is 0 Å². The molecule has 0 radical (unpaired) electrons. The van der Waals surface area contributed by atoms with Crippen LogP contribution < -0.4 is 5.73 Å². The summed E-state index contributed by atoms with van der Waals surface area (Å²) < 4.78 is 7.84. The van der Waals surface area contributed by atoms with Crippen LogP contribution in [-0.2, 0) is 16.6 Å². The normalized spacial score (nSPS) is 30.5. The second-order valence-electron chi connectivity index (χ2n) is 9.13. The lowest BCUT2D eigenvalue weighted by atomic mass is 9.51. The van der Waals surface area contributed by atoms with Gasteiger partial charge in [-0.25, -0.2) is 0 Å². The fourth-order valence-electron chi connectivity index (χ4n) is 4.48. The molecular formula is C20H31N2O2+. The van der Waals surface area contributed by atoms with Gasteiger partial charge in [0, 0.05) is 29.4 Å². The Morgan fingerprint density at radius 2 is 1.96 bits per heavy atom. The van der Waals surface area contributed by atoms with Crippen LogP contribution in [0.1, 0.15) is 59.1 Å². The van der Waals surface area contributed by atoms with Crippen molar-refractivity contribution < 1.29 is 14.4 Å². The zero-order chi connectivity index (χ0) is 17.9. The number of rotatable bonds is 0. The molecule has 2 bridgehead atoms. The van der Waals surface area contributed by atoms with Gasteiger partial charge in [-0.05, 0) is 44.0 Å². The minimum Gasteiger partial charge on any atom is -0.430 e. The Hall–Kier alpha value is -1.71. The Bertz CT molecular complexity index is 700. The molecule has 0 spiro atoms. The van der Waals surface area contributed by atoms with E-state index in [0.29, 0.717) is 0 Å². The molecule has 4 nitrogen and oxygen atoms in total. The third kappa shape index (κ3) is 2.47. The molecule has 1 aliphatic carbocycles. The molecule has 0 saturated carbocycles. The number of hydrogen-bond donors (Lipinski definition) is 2. The Labute approximate surface area is 145 Å². The number of benzene rings is 1. The number of ether oxygens (including phenoxy) is 1. The van der Waals surface area contributed by atoms with Crippen molar-refractivity contribution in [2.24, 2.45) is 5.41 Å². The third-order valence-electron chi connectivity index (χ3n) is 6.27. The summed E-state index contributed by atoms with van der Waals surface area (Å²) in [5, 5.41) is 10.6. The molecule has 0 aromatic heterocycles. The lowest BCUT2D eigenvalue weighted by Gasteiger charge is -2.54. The Morgan fingerprint density at radius 3 is 2.58 bits per heavy atom. The van der Waals surface area contributed by atoms with E-state index in [1.807, 2.05) is 26.8 Å². The van der Waals surface area contributed by atoms with E-state index in [0.717, 1.165) is 25.1 Å². The first-order valence-electron chi connectivity index (χ1n) is 8.86. The van der Waals surface area contributed by atoms with Crippen LogP contribution in [0.15, 0.2) is 18.2 Å². The van der Waals surface area contributed by atoms with E-state index in [9.17, 15) is 5.11 Å². The zero-order valence-corrected chi connectivity index (χ0v) is 15.8. The number of nitrogens with two attached hydrogens (primary N) is 1. The van der Waals surface area contributed by atoms with Crippen LogP contribution in [0.4, 0.5) is 5.69 Å². The minimum absolute atomic E-state index is 0.00126. The summed E-state index contributed by atoms with van der Waals surface area (Å²) in [4.78, 5) is 0. The first-order chi connectivity index (χ1) is 11.0. The molecule has 132 valence electrons. The van der Waals surface area contributed by atoms with Crippen LogP contribution in [0.3, 0.4) is 0 Å². The summed E-state index contributed by atoms with van der Waals surface area (Å²) >= 11 is 0. The van der Waals surface area contributed by atoms with Crippen molar-refractivity contribution >= 4 is 11.8 Å². The molecule has 1 heterocycles. The topological polar surface area (TPSA) is 58.5 Å². The maximum Gasteiger partial charge on any atom is 0.547 e. The summed E-state index contributed by atoms with van der Waals surface area (Å²) in [6.45, 7) is 13.6. The van der Waals surface area contributed by atoms with E-state index in [1.54, 1.807) is 0 Å². The van der Waals surface area contributed by atoms with Gasteiger partial charge in [0.2, 0.25) is 0 Å². The number of anilines is 1. The molecule has 1 aliphatic heterocycles.